The Kier molecular flexibility index (Phi) is 21.0. The molecule has 0 saturated carbocycles. The molecule has 0 bridgehead atoms. The third-order valence-corrected chi connectivity index (χ3v) is 9.92. The zero-order valence-corrected chi connectivity index (χ0v) is 34.9. The molecule has 0 spiro atoms. The molecule has 1 unspecified atom stereocenters. The van der Waals surface area contributed by atoms with Crippen LogP contribution in [-0.2, 0) is 37.9 Å². The van der Waals surface area contributed by atoms with Crippen LogP contribution in [0.25, 0.3) is 11.4 Å². The van der Waals surface area contributed by atoms with Gasteiger partial charge < -0.3 is 49.0 Å². The van der Waals surface area contributed by atoms with Gasteiger partial charge in [0.25, 0.3) is 11.8 Å². The zero-order chi connectivity index (χ0) is 42.5. The first-order valence-corrected chi connectivity index (χ1v) is 20.9. The molecule has 3 atom stereocenters. The first kappa shape index (κ1) is 47.6. The van der Waals surface area contributed by atoms with E-state index in [4.69, 9.17) is 23.5 Å². The molecule has 2 aliphatic rings. The van der Waals surface area contributed by atoms with Crippen LogP contribution in [0.1, 0.15) is 70.3 Å². The highest BCUT2D eigenvalue weighted by atomic mass is 31.1. The number of nitrogens with zero attached hydrogens (tertiary/aromatic N) is 5. The molecule has 2 N–H and O–H groups in total. The summed E-state index contributed by atoms with van der Waals surface area (Å²) in [5.41, 5.74) is 0.538. The van der Waals surface area contributed by atoms with Crippen LogP contribution in [0.5, 0.6) is 0 Å². The molecular formula is C39H57N6O12P. The van der Waals surface area contributed by atoms with Gasteiger partial charge in [0.05, 0.1) is 19.3 Å². The molecule has 2 saturated heterocycles. The first-order valence-electron chi connectivity index (χ1n) is 19.6. The summed E-state index contributed by atoms with van der Waals surface area (Å²) >= 11 is 0. The summed E-state index contributed by atoms with van der Waals surface area (Å²) in [4.78, 5) is 90.6. The van der Waals surface area contributed by atoms with E-state index in [1.54, 1.807) is 31.4 Å². The van der Waals surface area contributed by atoms with E-state index in [0.717, 1.165) is 30.3 Å². The smallest absolute Gasteiger partial charge is 0.407 e. The fourth-order valence-corrected chi connectivity index (χ4v) is 6.62. The number of carboxylic acid groups (broad SMARTS) is 1. The van der Waals surface area contributed by atoms with E-state index in [2.05, 4.69) is 29.1 Å². The Labute approximate surface area is 340 Å². The molecule has 2 aromatic rings. The predicted molar refractivity (Wildman–Crippen MR) is 214 cm³/mol. The van der Waals surface area contributed by atoms with Gasteiger partial charge in [-0.25, -0.2) is 24.4 Å². The standard InChI is InChI=1S/C31H39N6O11P.C8H18O/c1-4-46-29(40)25(30(41)47-5-2)48-49(44)19-23(28(39)35-13-15-36(16-14-35)31(42)43)33-27(38)22-17-24(37-12-11-21(18-37)45-3)34-26(32-22)20-9-7-6-8-10-20;1-3-5-7-9-8-6-4-2/h6-10,17,19,21,23,25H,4-5,11-16,18H2,1-3H3,(H,33,38)(H,42,43);3-8H2,1-2H3/t21-,23-;/m0./s1. The summed E-state index contributed by atoms with van der Waals surface area (Å²) in [5.74, 6) is -2.28. The quantitative estimate of drug-likeness (QED) is 0.0899. The van der Waals surface area contributed by atoms with Crippen molar-refractivity contribution in [3.8, 4) is 11.4 Å². The molecule has 3 heterocycles. The minimum atomic E-state index is -3.08. The van der Waals surface area contributed by atoms with E-state index in [1.165, 1.54) is 50.5 Å². The van der Waals surface area contributed by atoms with Gasteiger partial charge in [-0.3, -0.25) is 9.59 Å². The van der Waals surface area contributed by atoms with Crippen molar-refractivity contribution < 1.29 is 57.4 Å². The highest BCUT2D eigenvalue weighted by Gasteiger charge is 2.37. The summed E-state index contributed by atoms with van der Waals surface area (Å²) in [6.07, 6.45) is 2.46. The molecule has 0 radical (unpaired) electrons. The highest BCUT2D eigenvalue weighted by molar-refractivity contribution is 7.45. The number of unbranched alkanes of at least 4 members (excludes halogenated alkanes) is 2. The monoisotopic (exact) mass is 832 g/mol. The molecule has 3 amide bonds. The summed E-state index contributed by atoms with van der Waals surface area (Å²) < 4.78 is 25.7. The molecular weight excluding hydrogens is 775 g/mol. The number of hydrogen-bond acceptors (Lipinski definition) is 14. The zero-order valence-electron chi connectivity index (χ0n) is 34.0. The van der Waals surface area contributed by atoms with Gasteiger partial charge in [-0.15, -0.1) is 0 Å². The summed E-state index contributed by atoms with van der Waals surface area (Å²) in [7, 11) is -1.46. The molecule has 1 aromatic heterocycles. The maximum atomic E-state index is 13.8. The number of nitrogens with one attached hydrogen (secondary N) is 1. The lowest BCUT2D eigenvalue weighted by molar-refractivity contribution is -0.188. The second-order valence-electron chi connectivity index (χ2n) is 13.2. The number of ether oxygens (including phenoxy) is 4. The van der Waals surface area contributed by atoms with E-state index < -0.39 is 50.0 Å². The largest absolute Gasteiger partial charge is 0.603 e. The average molecular weight is 833 g/mol. The van der Waals surface area contributed by atoms with Crippen LogP contribution in [0.2, 0.25) is 0 Å². The topological polar surface area (TPSA) is 222 Å². The van der Waals surface area contributed by atoms with Gasteiger partial charge in [0.2, 0.25) is 8.00 Å². The van der Waals surface area contributed by atoms with Crippen molar-refractivity contribution in [1.29, 1.82) is 0 Å². The summed E-state index contributed by atoms with van der Waals surface area (Å²) in [6, 6.07) is 8.85. The fraction of sp³-hybridized carbons (Fsp3) is 0.590. The Morgan fingerprint density at radius 3 is 2.05 bits per heavy atom. The van der Waals surface area contributed by atoms with Gasteiger partial charge in [0, 0.05) is 71.2 Å². The predicted octanol–water partition coefficient (Wildman–Crippen LogP) is 2.88. The maximum absolute atomic E-state index is 13.8. The second kappa shape index (κ2) is 25.6. The number of amides is 3. The number of carbonyl (C=O) groups is 5. The minimum Gasteiger partial charge on any atom is -0.603 e. The lowest BCUT2D eigenvalue weighted by atomic mass is 10.2. The van der Waals surface area contributed by atoms with Crippen LogP contribution in [0.4, 0.5) is 10.6 Å². The Bertz CT molecular complexity index is 1640. The third-order valence-electron chi connectivity index (χ3n) is 8.96. The normalized spacial score (nSPS) is 16.0. The van der Waals surface area contributed by atoms with E-state index in [0.29, 0.717) is 24.5 Å². The van der Waals surface area contributed by atoms with Crippen molar-refractivity contribution >= 4 is 49.5 Å². The lowest BCUT2D eigenvalue weighted by Crippen LogP contribution is -2.56. The molecule has 19 heteroatoms. The van der Waals surface area contributed by atoms with Gasteiger partial charge >= 0.3 is 24.1 Å². The number of benzene rings is 1. The first-order chi connectivity index (χ1) is 27.9. The number of carbonyl (C=O) groups excluding carboxylic acids is 4. The van der Waals surface area contributed by atoms with Gasteiger partial charge in [0.1, 0.15) is 17.3 Å². The fourth-order valence-electron chi connectivity index (χ4n) is 5.72. The van der Waals surface area contributed by atoms with Crippen LogP contribution in [0, 0.1) is 0 Å². The number of rotatable bonds is 19. The highest BCUT2D eigenvalue weighted by Crippen LogP contribution is 2.25. The van der Waals surface area contributed by atoms with Crippen LogP contribution < -0.4 is 15.1 Å². The van der Waals surface area contributed by atoms with Gasteiger partial charge in [-0.05, 0) is 33.1 Å². The number of anilines is 1. The van der Waals surface area contributed by atoms with E-state index in [-0.39, 0.29) is 57.0 Å². The number of hydrogen-bond donors (Lipinski definition) is 2. The Morgan fingerprint density at radius 1 is 0.914 bits per heavy atom. The number of aromatic nitrogens is 2. The average Bonchev–Trinajstić information content (AvgIpc) is 3.72. The maximum Gasteiger partial charge on any atom is 0.407 e. The summed E-state index contributed by atoms with van der Waals surface area (Å²) in [5, 5.41) is 11.9. The van der Waals surface area contributed by atoms with Crippen LogP contribution in [0.3, 0.4) is 0 Å². The molecule has 58 heavy (non-hydrogen) atoms. The molecule has 2 fully saturated rings. The van der Waals surface area contributed by atoms with Gasteiger partial charge in [-0.1, -0.05) is 57.0 Å². The number of methoxy groups -OCH3 is 1. The van der Waals surface area contributed by atoms with Crippen LogP contribution in [-0.4, -0.2) is 152 Å². The lowest BCUT2D eigenvalue weighted by Gasteiger charge is -2.34. The SMILES string of the molecule is CCCCOCCCC.CCOC(=O)C(O[P+]([O-])=C[C@H](NC(=O)c1cc(N2CC[C@H](OC)C2)nc(-c2ccccc2)n1)C(=O)N1CCN(C(=O)O)CC1)C(=O)OCC. The molecule has 0 aliphatic carbocycles. The van der Waals surface area contributed by atoms with Gasteiger partial charge in [-0.2, -0.15) is 4.52 Å². The van der Waals surface area contributed by atoms with E-state index in [9.17, 15) is 34.0 Å². The molecule has 4 rings (SSSR count). The minimum absolute atomic E-state index is 0.00613. The van der Waals surface area contributed by atoms with Crippen molar-refractivity contribution in [3.05, 3.63) is 42.1 Å². The Balaban J connectivity index is 0.000000891. The Hall–Kier alpha value is -4.74. The van der Waals surface area contributed by atoms with Crippen LogP contribution >= 0.6 is 8.00 Å². The molecule has 18 nitrogen and oxygen atoms in total. The number of piperazine rings is 1. The van der Waals surface area contributed by atoms with Crippen molar-refractivity contribution in [3.63, 3.8) is 0 Å². The van der Waals surface area contributed by atoms with Crippen molar-refractivity contribution in [1.82, 2.24) is 25.1 Å². The van der Waals surface area contributed by atoms with E-state index >= 15 is 0 Å². The van der Waals surface area contributed by atoms with Gasteiger partial charge in [0.15, 0.2) is 11.9 Å². The van der Waals surface area contributed by atoms with Crippen molar-refractivity contribution in [2.75, 3.05) is 77.7 Å². The van der Waals surface area contributed by atoms with E-state index in [1.807, 2.05) is 11.0 Å². The Morgan fingerprint density at radius 2 is 1.52 bits per heavy atom. The van der Waals surface area contributed by atoms with Crippen molar-refractivity contribution in [2.24, 2.45) is 0 Å². The van der Waals surface area contributed by atoms with Crippen molar-refractivity contribution in [2.45, 2.75) is 78.0 Å². The molecule has 1 aromatic carbocycles. The second-order valence-corrected chi connectivity index (χ2v) is 14.3. The molecule has 2 aliphatic heterocycles. The molecule has 320 valence electrons. The number of esters is 2. The van der Waals surface area contributed by atoms with Crippen LogP contribution in [0.15, 0.2) is 36.4 Å². The third kappa shape index (κ3) is 15.2. The summed E-state index contributed by atoms with van der Waals surface area (Å²) in [6.45, 7) is 10.2.